The van der Waals surface area contributed by atoms with Gasteiger partial charge in [0.05, 0.1) is 17.5 Å². The Labute approximate surface area is 173 Å². The van der Waals surface area contributed by atoms with Crippen LogP contribution in [0.2, 0.25) is 0 Å². The predicted octanol–water partition coefficient (Wildman–Crippen LogP) is 3.11. The highest BCUT2D eigenvalue weighted by molar-refractivity contribution is 5.91. The first-order valence-corrected chi connectivity index (χ1v) is 9.59. The summed E-state index contributed by atoms with van der Waals surface area (Å²) in [6.45, 7) is 3.91. The molecule has 0 fully saturated rings. The summed E-state index contributed by atoms with van der Waals surface area (Å²) < 4.78 is 11.7. The second-order valence-electron chi connectivity index (χ2n) is 7.93. The van der Waals surface area contributed by atoms with E-state index in [9.17, 15) is 20.0 Å². The number of benzene rings is 2. The van der Waals surface area contributed by atoms with E-state index >= 15 is 0 Å². The van der Waals surface area contributed by atoms with Gasteiger partial charge in [0.15, 0.2) is 0 Å². The maximum Gasteiger partial charge on any atom is 0.270 e. The third-order valence-electron chi connectivity index (χ3n) is 5.40. The Morgan fingerprint density at radius 1 is 1.27 bits per heavy atom. The first-order valence-electron chi connectivity index (χ1n) is 9.59. The van der Waals surface area contributed by atoms with Gasteiger partial charge in [-0.2, -0.15) is 0 Å². The zero-order valence-corrected chi connectivity index (χ0v) is 16.6. The molecule has 2 aliphatic rings. The van der Waals surface area contributed by atoms with E-state index in [4.69, 9.17) is 9.47 Å². The van der Waals surface area contributed by atoms with Crippen LogP contribution in [0.1, 0.15) is 31.0 Å². The number of aliphatic hydroxyl groups excluding tert-OH is 1. The minimum atomic E-state index is -1.09. The van der Waals surface area contributed by atoms with E-state index in [-0.39, 0.29) is 18.1 Å². The minimum absolute atomic E-state index is 0.130. The second-order valence-corrected chi connectivity index (χ2v) is 7.93. The molecule has 156 valence electrons. The van der Waals surface area contributed by atoms with Crippen LogP contribution < -0.4 is 4.74 Å². The summed E-state index contributed by atoms with van der Waals surface area (Å²) in [7, 11) is 0. The molecule has 8 nitrogen and oxygen atoms in total. The van der Waals surface area contributed by atoms with Crippen molar-refractivity contribution in [2.45, 2.75) is 38.2 Å². The number of non-ortho nitro benzene ring substituents is 1. The molecule has 4 rings (SSSR count). The van der Waals surface area contributed by atoms with Gasteiger partial charge in [0.1, 0.15) is 29.8 Å². The van der Waals surface area contributed by atoms with Gasteiger partial charge in [0.25, 0.3) is 11.6 Å². The Kier molecular flexibility index (Phi) is 4.95. The summed E-state index contributed by atoms with van der Waals surface area (Å²) in [6, 6.07) is 13.0. The number of carbonyl (C=O) groups excluding carboxylic acids is 1. The summed E-state index contributed by atoms with van der Waals surface area (Å²) in [4.78, 5) is 25.0. The first kappa shape index (κ1) is 19.9. The molecule has 2 aromatic rings. The van der Waals surface area contributed by atoms with E-state index in [1.54, 1.807) is 13.8 Å². The lowest BCUT2D eigenvalue weighted by atomic mass is 9.85. The molecule has 2 unspecified atom stereocenters. The molecule has 0 saturated heterocycles. The van der Waals surface area contributed by atoms with Crippen LogP contribution in [0.15, 0.2) is 60.4 Å². The number of nitro benzene ring substituents is 1. The van der Waals surface area contributed by atoms with Crippen molar-refractivity contribution in [2.24, 2.45) is 0 Å². The standard InChI is InChI=1S/C22H22N2O6/c1-22(2)21(26)20(17-10-15(24(27)28)8-9-18(17)30-22)23-12-16(11-19(23)25)29-13-14-6-4-3-5-7-14/h3-11,20-21,26H,12-13H2,1-2H3. The summed E-state index contributed by atoms with van der Waals surface area (Å²) in [6.07, 6.45) is 0.313. The number of carbonyl (C=O) groups is 1. The lowest BCUT2D eigenvalue weighted by Crippen LogP contribution is -2.54. The van der Waals surface area contributed by atoms with Gasteiger partial charge in [0.2, 0.25) is 0 Å². The minimum Gasteiger partial charge on any atom is -0.491 e. The lowest BCUT2D eigenvalue weighted by molar-refractivity contribution is -0.385. The molecule has 0 radical (unpaired) electrons. The van der Waals surface area contributed by atoms with Crippen molar-refractivity contribution in [1.82, 2.24) is 4.90 Å². The summed E-state index contributed by atoms with van der Waals surface area (Å²) in [5.74, 6) is 0.567. The number of hydrogen-bond donors (Lipinski definition) is 1. The van der Waals surface area contributed by atoms with Gasteiger partial charge in [0, 0.05) is 23.8 Å². The SMILES string of the molecule is CC1(C)Oc2ccc([N+](=O)[O-])cc2C(N2CC(OCc3ccccc3)=CC2=O)C1O. The molecule has 0 bridgehead atoms. The quantitative estimate of drug-likeness (QED) is 0.600. The van der Waals surface area contributed by atoms with E-state index in [0.29, 0.717) is 23.7 Å². The Bertz CT molecular complexity index is 1020. The van der Waals surface area contributed by atoms with Gasteiger partial charge in [-0.1, -0.05) is 30.3 Å². The van der Waals surface area contributed by atoms with Crippen LogP contribution in [0, 0.1) is 10.1 Å². The molecule has 2 aliphatic heterocycles. The van der Waals surface area contributed by atoms with Crippen LogP contribution in [-0.2, 0) is 16.1 Å². The van der Waals surface area contributed by atoms with Gasteiger partial charge in [-0.05, 0) is 25.5 Å². The van der Waals surface area contributed by atoms with Crippen LogP contribution in [-0.4, -0.2) is 39.1 Å². The number of amides is 1. The van der Waals surface area contributed by atoms with Gasteiger partial charge < -0.3 is 19.5 Å². The summed E-state index contributed by atoms with van der Waals surface area (Å²) >= 11 is 0. The molecule has 0 aliphatic carbocycles. The van der Waals surface area contributed by atoms with Crippen molar-refractivity contribution in [1.29, 1.82) is 0 Å². The monoisotopic (exact) mass is 410 g/mol. The average molecular weight is 410 g/mol. The molecular weight excluding hydrogens is 388 g/mol. The largest absolute Gasteiger partial charge is 0.491 e. The van der Waals surface area contributed by atoms with E-state index in [1.165, 1.54) is 29.2 Å². The maximum absolute atomic E-state index is 12.8. The summed E-state index contributed by atoms with van der Waals surface area (Å²) in [5, 5.41) is 22.2. The molecule has 30 heavy (non-hydrogen) atoms. The fourth-order valence-corrected chi connectivity index (χ4v) is 3.79. The number of rotatable bonds is 5. The van der Waals surface area contributed by atoms with Crippen molar-refractivity contribution < 1.29 is 24.3 Å². The van der Waals surface area contributed by atoms with Crippen molar-refractivity contribution in [3.05, 3.63) is 81.6 Å². The molecule has 1 amide bonds. The Morgan fingerprint density at radius 2 is 2.00 bits per heavy atom. The van der Waals surface area contributed by atoms with Crippen LogP contribution >= 0.6 is 0 Å². The zero-order chi connectivity index (χ0) is 21.5. The first-order chi connectivity index (χ1) is 14.3. The van der Waals surface area contributed by atoms with Crippen molar-refractivity contribution in [2.75, 3.05) is 6.54 Å². The van der Waals surface area contributed by atoms with Crippen LogP contribution in [0.3, 0.4) is 0 Å². The molecule has 2 aromatic carbocycles. The van der Waals surface area contributed by atoms with Gasteiger partial charge >= 0.3 is 0 Å². The molecule has 0 spiro atoms. The third kappa shape index (κ3) is 3.61. The number of aliphatic hydroxyl groups is 1. The highest BCUT2D eigenvalue weighted by Gasteiger charge is 2.48. The fourth-order valence-electron chi connectivity index (χ4n) is 3.79. The lowest BCUT2D eigenvalue weighted by Gasteiger charge is -2.45. The third-order valence-corrected chi connectivity index (χ3v) is 5.40. The fraction of sp³-hybridized carbons (Fsp3) is 0.318. The van der Waals surface area contributed by atoms with Crippen LogP contribution in [0.25, 0.3) is 0 Å². The van der Waals surface area contributed by atoms with E-state index in [0.717, 1.165) is 5.56 Å². The smallest absolute Gasteiger partial charge is 0.270 e. The highest BCUT2D eigenvalue weighted by atomic mass is 16.6. The molecule has 8 heteroatoms. The van der Waals surface area contributed by atoms with Crippen molar-refractivity contribution in [3.63, 3.8) is 0 Å². The van der Waals surface area contributed by atoms with Crippen molar-refractivity contribution >= 4 is 11.6 Å². The van der Waals surface area contributed by atoms with Crippen LogP contribution in [0.5, 0.6) is 5.75 Å². The van der Waals surface area contributed by atoms with Gasteiger partial charge in [-0.3, -0.25) is 14.9 Å². The number of hydrogen-bond acceptors (Lipinski definition) is 6. The zero-order valence-electron chi connectivity index (χ0n) is 16.6. The molecule has 1 N–H and O–H groups in total. The van der Waals surface area contributed by atoms with E-state index in [2.05, 4.69) is 0 Å². The number of ether oxygens (including phenoxy) is 2. The van der Waals surface area contributed by atoms with Crippen LogP contribution in [0.4, 0.5) is 5.69 Å². The number of nitro groups is 1. The molecule has 2 atom stereocenters. The molecule has 0 saturated carbocycles. The summed E-state index contributed by atoms with van der Waals surface area (Å²) in [5.41, 5.74) is 0.260. The Balaban J connectivity index is 1.60. The number of fused-ring (bicyclic) bond motifs is 1. The van der Waals surface area contributed by atoms with E-state index in [1.807, 2.05) is 30.3 Å². The normalized spacial score (nSPS) is 22.2. The highest BCUT2D eigenvalue weighted by Crippen LogP contribution is 2.45. The average Bonchev–Trinajstić information content (AvgIpc) is 3.08. The van der Waals surface area contributed by atoms with Crippen molar-refractivity contribution in [3.8, 4) is 5.75 Å². The predicted molar refractivity (Wildman–Crippen MR) is 108 cm³/mol. The Hall–Kier alpha value is -3.39. The number of nitrogens with zero attached hydrogens (tertiary/aromatic N) is 2. The molecule has 0 aromatic heterocycles. The second kappa shape index (κ2) is 7.46. The Morgan fingerprint density at radius 3 is 2.70 bits per heavy atom. The van der Waals surface area contributed by atoms with E-state index < -0.39 is 22.7 Å². The van der Waals surface area contributed by atoms with Gasteiger partial charge in [-0.25, -0.2) is 0 Å². The van der Waals surface area contributed by atoms with Gasteiger partial charge in [-0.15, -0.1) is 0 Å². The molecular formula is C22H22N2O6. The topological polar surface area (TPSA) is 102 Å². The molecule has 2 heterocycles. The maximum atomic E-state index is 12.8.